The second-order valence-electron chi connectivity index (χ2n) is 3.67. The largest absolute Gasteiger partial charge is 0.381 e. The van der Waals surface area contributed by atoms with Gasteiger partial charge in [0.2, 0.25) is 0 Å². The van der Waals surface area contributed by atoms with Gasteiger partial charge in [0, 0.05) is 25.8 Å². The highest BCUT2D eigenvalue weighted by Gasteiger charge is 2.13. The van der Waals surface area contributed by atoms with Crippen molar-refractivity contribution in [3.8, 4) is 0 Å². The van der Waals surface area contributed by atoms with Gasteiger partial charge in [-0.05, 0) is 13.8 Å². The molecule has 1 aromatic heterocycles. The quantitative estimate of drug-likeness (QED) is 0.391. The van der Waals surface area contributed by atoms with Crippen molar-refractivity contribution in [2.75, 3.05) is 13.2 Å². The molecule has 1 aromatic rings. The van der Waals surface area contributed by atoms with Gasteiger partial charge in [-0.2, -0.15) is 5.10 Å². The van der Waals surface area contributed by atoms with Crippen LogP contribution < -0.4 is 0 Å². The zero-order valence-corrected chi connectivity index (χ0v) is 10.3. The lowest BCUT2D eigenvalue weighted by Crippen LogP contribution is -2.10. The molecule has 0 aliphatic heterocycles. The molecule has 0 spiro atoms. The van der Waals surface area contributed by atoms with E-state index in [1.807, 2.05) is 13.8 Å². The normalized spacial score (nSPS) is 10.5. The Morgan fingerprint density at radius 2 is 2.18 bits per heavy atom. The molecule has 5 nitrogen and oxygen atoms in total. The molecular formula is C12H18N2O3. The minimum atomic E-state index is -0.175. The first-order chi connectivity index (χ1) is 8.17. The molecule has 0 fully saturated rings. The zero-order chi connectivity index (χ0) is 12.7. The third kappa shape index (κ3) is 4.48. The number of aromatic nitrogens is 2. The van der Waals surface area contributed by atoms with Crippen LogP contribution in [0.25, 0.3) is 0 Å². The first-order valence-corrected chi connectivity index (χ1v) is 5.82. The molecule has 0 saturated heterocycles. The third-order valence-electron chi connectivity index (χ3n) is 2.37. The Morgan fingerprint density at radius 3 is 2.76 bits per heavy atom. The Hall–Kier alpha value is -1.49. The van der Waals surface area contributed by atoms with Crippen LogP contribution in [0.15, 0.2) is 12.4 Å². The molecular weight excluding hydrogens is 220 g/mol. The standard InChI is InChI=1S/C12H18N2O3/c1-3-14-9-10(8-13-14)12(16)7-11(15)5-6-17-4-2/h8-9H,3-7H2,1-2H3. The fourth-order valence-electron chi connectivity index (χ4n) is 1.38. The Bertz CT molecular complexity index is 385. The van der Waals surface area contributed by atoms with Gasteiger partial charge < -0.3 is 4.74 Å². The Balaban J connectivity index is 2.40. The monoisotopic (exact) mass is 238 g/mol. The third-order valence-corrected chi connectivity index (χ3v) is 2.37. The lowest BCUT2D eigenvalue weighted by atomic mass is 10.1. The number of nitrogens with zero attached hydrogens (tertiary/aromatic N) is 2. The zero-order valence-electron chi connectivity index (χ0n) is 10.3. The summed E-state index contributed by atoms with van der Waals surface area (Å²) in [6, 6.07) is 0. The number of aryl methyl sites for hydroxylation is 1. The molecule has 0 unspecified atom stereocenters. The van der Waals surface area contributed by atoms with Crippen molar-refractivity contribution in [3.05, 3.63) is 18.0 Å². The molecule has 0 saturated carbocycles. The van der Waals surface area contributed by atoms with Gasteiger partial charge in [-0.15, -0.1) is 0 Å². The van der Waals surface area contributed by atoms with Gasteiger partial charge in [-0.25, -0.2) is 0 Å². The highest BCUT2D eigenvalue weighted by molar-refractivity contribution is 6.07. The van der Waals surface area contributed by atoms with Crippen LogP contribution in [0.1, 0.15) is 37.0 Å². The number of ketones is 2. The van der Waals surface area contributed by atoms with Crippen LogP contribution in [0.2, 0.25) is 0 Å². The lowest BCUT2D eigenvalue weighted by molar-refractivity contribution is -0.119. The van der Waals surface area contributed by atoms with Crippen LogP contribution in [0, 0.1) is 0 Å². The van der Waals surface area contributed by atoms with Crippen LogP contribution in [0.3, 0.4) is 0 Å². The average molecular weight is 238 g/mol. The number of carbonyl (C=O) groups is 2. The van der Waals surface area contributed by atoms with Crippen molar-refractivity contribution >= 4 is 11.6 Å². The van der Waals surface area contributed by atoms with Gasteiger partial charge in [-0.3, -0.25) is 14.3 Å². The predicted octanol–water partition coefficient (Wildman–Crippen LogP) is 1.47. The summed E-state index contributed by atoms with van der Waals surface area (Å²) >= 11 is 0. The summed E-state index contributed by atoms with van der Waals surface area (Å²) in [4.78, 5) is 23.2. The van der Waals surface area contributed by atoms with Gasteiger partial charge in [-0.1, -0.05) is 0 Å². The average Bonchev–Trinajstić information content (AvgIpc) is 2.78. The number of rotatable bonds is 8. The van der Waals surface area contributed by atoms with Crippen LogP contribution >= 0.6 is 0 Å². The molecule has 0 aromatic carbocycles. The molecule has 1 heterocycles. The first kappa shape index (κ1) is 13.6. The molecule has 0 atom stereocenters. The van der Waals surface area contributed by atoms with Crippen molar-refractivity contribution in [2.24, 2.45) is 0 Å². The number of hydrogen-bond donors (Lipinski definition) is 0. The fourth-order valence-corrected chi connectivity index (χ4v) is 1.38. The molecule has 0 aliphatic carbocycles. The van der Waals surface area contributed by atoms with Crippen molar-refractivity contribution in [2.45, 2.75) is 33.2 Å². The summed E-state index contributed by atoms with van der Waals surface area (Å²) in [5, 5.41) is 4.00. The van der Waals surface area contributed by atoms with Crippen LogP contribution in [0.4, 0.5) is 0 Å². The van der Waals surface area contributed by atoms with E-state index in [1.165, 1.54) is 6.20 Å². The molecule has 0 bridgehead atoms. The van der Waals surface area contributed by atoms with Gasteiger partial charge >= 0.3 is 0 Å². The van der Waals surface area contributed by atoms with Crippen molar-refractivity contribution < 1.29 is 14.3 Å². The molecule has 0 amide bonds. The molecule has 0 N–H and O–H groups in total. The van der Waals surface area contributed by atoms with E-state index in [0.717, 1.165) is 0 Å². The number of Topliss-reactive ketones (excluding diaryl/α,β-unsaturated/α-hetero) is 2. The molecule has 0 aliphatic rings. The second kappa shape index (κ2) is 6.96. The summed E-state index contributed by atoms with van der Waals surface area (Å²) in [5.41, 5.74) is 0.497. The van der Waals surface area contributed by atoms with Crippen LogP contribution in [-0.2, 0) is 16.1 Å². The first-order valence-electron chi connectivity index (χ1n) is 5.82. The Labute approximate surface area is 101 Å². The fraction of sp³-hybridized carbons (Fsp3) is 0.583. The van der Waals surface area contributed by atoms with Gasteiger partial charge in [0.25, 0.3) is 0 Å². The summed E-state index contributed by atoms with van der Waals surface area (Å²) in [5.74, 6) is -0.265. The maximum absolute atomic E-state index is 11.7. The number of hydrogen-bond acceptors (Lipinski definition) is 4. The summed E-state index contributed by atoms with van der Waals surface area (Å²) in [6.45, 7) is 5.50. The number of carbonyl (C=O) groups excluding carboxylic acids is 2. The van der Waals surface area contributed by atoms with E-state index in [9.17, 15) is 9.59 Å². The summed E-state index contributed by atoms with van der Waals surface area (Å²) in [6.07, 6.45) is 3.39. The van der Waals surface area contributed by atoms with E-state index in [1.54, 1.807) is 10.9 Å². The minimum absolute atomic E-state index is 0.0670. The molecule has 94 valence electrons. The number of ether oxygens (including phenoxy) is 1. The van der Waals surface area contributed by atoms with E-state index in [-0.39, 0.29) is 18.0 Å². The maximum Gasteiger partial charge on any atom is 0.173 e. The molecule has 17 heavy (non-hydrogen) atoms. The van der Waals surface area contributed by atoms with E-state index < -0.39 is 0 Å². The van der Waals surface area contributed by atoms with Crippen LogP contribution in [0.5, 0.6) is 0 Å². The smallest absolute Gasteiger partial charge is 0.173 e. The van der Waals surface area contributed by atoms with E-state index in [2.05, 4.69) is 5.10 Å². The van der Waals surface area contributed by atoms with E-state index in [4.69, 9.17) is 4.74 Å². The molecule has 5 heteroatoms. The van der Waals surface area contributed by atoms with Crippen molar-refractivity contribution in [1.82, 2.24) is 9.78 Å². The Kier molecular flexibility index (Phi) is 5.56. The van der Waals surface area contributed by atoms with Gasteiger partial charge in [0.1, 0.15) is 5.78 Å². The second-order valence-corrected chi connectivity index (χ2v) is 3.67. The predicted molar refractivity (Wildman–Crippen MR) is 63.0 cm³/mol. The van der Waals surface area contributed by atoms with Crippen molar-refractivity contribution in [1.29, 1.82) is 0 Å². The summed E-state index contributed by atoms with van der Waals surface area (Å²) < 4.78 is 6.73. The SMILES string of the molecule is CCOCCC(=O)CC(=O)c1cnn(CC)c1. The molecule has 1 rings (SSSR count). The minimum Gasteiger partial charge on any atom is -0.381 e. The topological polar surface area (TPSA) is 61.2 Å². The highest BCUT2D eigenvalue weighted by Crippen LogP contribution is 2.04. The maximum atomic E-state index is 11.7. The van der Waals surface area contributed by atoms with Gasteiger partial charge in [0.05, 0.1) is 24.8 Å². The van der Waals surface area contributed by atoms with Crippen LogP contribution in [-0.4, -0.2) is 34.6 Å². The van der Waals surface area contributed by atoms with E-state index >= 15 is 0 Å². The molecule has 0 radical (unpaired) electrons. The van der Waals surface area contributed by atoms with Gasteiger partial charge in [0.15, 0.2) is 5.78 Å². The summed E-state index contributed by atoms with van der Waals surface area (Å²) in [7, 11) is 0. The Morgan fingerprint density at radius 1 is 1.41 bits per heavy atom. The lowest BCUT2D eigenvalue weighted by Gasteiger charge is -2.00. The highest BCUT2D eigenvalue weighted by atomic mass is 16.5. The van der Waals surface area contributed by atoms with Crippen molar-refractivity contribution in [3.63, 3.8) is 0 Å². The van der Waals surface area contributed by atoms with E-state index in [0.29, 0.717) is 31.7 Å².